The van der Waals surface area contributed by atoms with Crippen molar-refractivity contribution in [2.24, 2.45) is 0 Å². The lowest BCUT2D eigenvalue weighted by atomic mass is 9.88. The number of aromatic nitrogens is 1. The number of thiazole rings is 1. The third-order valence-electron chi connectivity index (χ3n) is 6.34. The van der Waals surface area contributed by atoms with E-state index in [1.165, 1.54) is 28.0 Å². The molecule has 2 aliphatic rings. The van der Waals surface area contributed by atoms with Crippen LogP contribution in [0.25, 0.3) is 0 Å². The van der Waals surface area contributed by atoms with E-state index in [-0.39, 0.29) is 17.6 Å². The number of benzene rings is 1. The Morgan fingerprint density at radius 1 is 1.28 bits per heavy atom. The number of amides is 1. The minimum Gasteiger partial charge on any atom is -0.370 e. The molecule has 156 valence electrons. The molecule has 0 unspecified atom stereocenters. The van der Waals surface area contributed by atoms with Gasteiger partial charge < -0.3 is 10.1 Å². The van der Waals surface area contributed by atoms with Gasteiger partial charge in [-0.2, -0.15) is 0 Å². The molecule has 2 aliphatic heterocycles. The molecule has 1 aromatic carbocycles. The number of ether oxygens (including phenoxy) is 1. The van der Waals surface area contributed by atoms with Gasteiger partial charge in [-0.3, -0.25) is 9.69 Å². The summed E-state index contributed by atoms with van der Waals surface area (Å²) in [5.74, 6) is -0.0952. The number of carbonyl (C=O) groups excluding carboxylic acids is 1. The summed E-state index contributed by atoms with van der Waals surface area (Å²) in [4.78, 5) is 19.0. The van der Waals surface area contributed by atoms with E-state index in [2.05, 4.69) is 47.2 Å². The highest BCUT2D eigenvalue weighted by atomic mass is 32.1. The summed E-state index contributed by atoms with van der Waals surface area (Å²) in [6.07, 6.45) is 4.39. The molecule has 2 aromatic rings. The Bertz CT molecular complexity index is 871. The maximum Gasteiger partial charge on any atom is 0.270 e. The van der Waals surface area contributed by atoms with E-state index < -0.39 is 0 Å². The van der Waals surface area contributed by atoms with Gasteiger partial charge in [0.1, 0.15) is 5.69 Å². The fraction of sp³-hybridized carbons (Fsp3) is 0.565. The van der Waals surface area contributed by atoms with Crippen LogP contribution in [0.3, 0.4) is 0 Å². The highest BCUT2D eigenvalue weighted by molar-refractivity contribution is 7.09. The van der Waals surface area contributed by atoms with Gasteiger partial charge in [-0.25, -0.2) is 4.98 Å². The van der Waals surface area contributed by atoms with Crippen molar-refractivity contribution >= 4 is 17.2 Å². The third kappa shape index (κ3) is 4.87. The number of hydrogen-bond acceptors (Lipinski definition) is 5. The number of piperidine rings is 1. The smallest absolute Gasteiger partial charge is 0.270 e. The number of hydrogen-bond donors (Lipinski definition) is 1. The lowest BCUT2D eigenvalue weighted by Crippen LogP contribution is -2.45. The predicted octanol–water partition coefficient (Wildman–Crippen LogP) is 4.01. The Kier molecular flexibility index (Phi) is 6.04. The summed E-state index contributed by atoms with van der Waals surface area (Å²) in [5.41, 5.74) is 4.65. The molecule has 1 N–H and O–H groups in total. The Morgan fingerprint density at radius 3 is 2.76 bits per heavy atom. The molecule has 1 spiro atoms. The topological polar surface area (TPSA) is 54.5 Å². The van der Waals surface area contributed by atoms with Gasteiger partial charge in [-0.15, -0.1) is 11.3 Å². The monoisotopic (exact) mass is 413 g/mol. The van der Waals surface area contributed by atoms with E-state index in [1.807, 2.05) is 12.3 Å². The molecule has 0 bridgehead atoms. The van der Waals surface area contributed by atoms with Crippen molar-refractivity contribution in [1.29, 1.82) is 0 Å². The Balaban J connectivity index is 1.24. The molecule has 6 heteroatoms. The van der Waals surface area contributed by atoms with Gasteiger partial charge in [0, 0.05) is 31.6 Å². The van der Waals surface area contributed by atoms with Gasteiger partial charge in [-0.05, 0) is 57.6 Å². The summed E-state index contributed by atoms with van der Waals surface area (Å²) < 4.78 is 6.46. The third-order valence-corrected chi connectivity index (χ3v) is 7.11. The Hall–Kier alpha value is -1.76. The van der Waals surface area contributed by atoms with E-state index in [4.69, 9.17) is 4.74 Å². The SMILES string of the molecule is Cc1ccc(CN2CCC3(CC[C@@H](CNC(=O)c4csc(C)n4)O3)CC2)c(C)c1. The number of nitrogens with zero attached hydrogens (tertiary/aromatic N) is 2. The van der Waals surface area contributed by atoms with Crippen LogP contribution in [0.2, 0.25) is 0 Å². The summed E-state index contributed by atoms with van der Waals surface area (Å²) in [5, 5.41) is 5.73. The molecule has 2 saturated heterocycles. The molecule has 0 saturated carbocycles. The molecule has 5 nitrogen and oxygen atoms in total. The molecule has 1 aromatic heterocycles. The van der Waals surface area contributed by atoms with Gasteiger partial charge in [0.2, 0.25) is 0 Å². The van der Waals surface area contributed by atoms with Crippen LogP contribution in [-0.4, -0.2) is 47.1 Å². The van der Waals surface area contributed by atoms with Crippen LogP contribution in [0.1, 0.15) is 57.9 Å². The highest BCUT2D eigenvalue weighted by Gasteiger charge is 2.42. The zero-order valence-corrected chi connectivity index (χ0v) is 18.5. The number of aryl methyl sites for hydroxylation is 3. The lowest BCUT2D eigenvalue weighted by Gasteiger charge is -2.39. The van der Waals surface area contributed by atoms with Gasteiger partial charge in [0.05, 0.1) is 16.7 Å². The van der Waals surface area contributed by atoms with Crippen LogP contribution < -0.4 is 5.32 Å². The van der Waals surface area contributed by atoms with Crippen molar-refractivity contribution in [2.45, 2.75) is 64.7 Å². The van der Waals surface area contributed by atoms with E-state index in [1.54, 1.807) is 0 Å². The number of likely N-dealkylation sites (tertiary alicyclic amines) is 1. The van der Waals surface area contributed by atoms with Crippen molar-refractivity contribution in [1.82, 2.24) is 15.2 Å². The van der Waals surface area contributed by atoms with Crippen LogP contribution in [0.4, 0.5) is 0 Å². The van der Waals surface area contributed by atoms with Crippen molar-refractivity contribution in [2.75, 3.05) is 19.6 Å². The van der Waals surface area contributed by atoms with Crippen molar-refractivity contribution in [3.63, 3.8) is 0 Å². The number of rotatable bonds is 5. The zero-order valence-electron chi connectivity index (χ0n) is 17.7. The normalized spacial score (nSPS) is 21.6. The van der Waals surface area contributed by atoms with Crippen LogP contribution in [0, 0.1) is 20.8 Å². The average molecular weight is 414 g/mol. The summed E-state index contributed by atoms with van der Waals surface area (Å²) in [6.45, 7) is 10.0. The Labute approximate surface area is 177 Å². The second kappa shape index (κ2) is 8.54. The van der Waals surface area contributed by atoms with E-state index >= 15 is 0 Å². The largest absolute Gasteiger partial charge is 0.370 e. The van der Waals surface area contributed by atoms with E-state index in [9.17, 15) is 4.79 Å². The van der Waals surface area contributed by atoms with Gasteiger partial charge in [0.15, 0.2) is 0 Å². The second-order valence-corrected chi connectivity index (χ2v) is 9.69. The van der Waals surface area contributed by atoms with Gasteiger partial charge in [-0.1, -0.05) is 23.8 Å². The van der Waals surface area contributed by atoms with Crippen LogP contribution in [-0.2, 0) is 11.3 Å². The first-order valence-electron chi connectivity index (χ1n) is 10.6. The quantitative estimate of drug-likeness (QED) is 0.805. The van der Waals surface area contributed by atoms with Crippen molar-refractivity contribution in [3.8, 4) is 0 Å². The molecule has 0 aliphatic carbocycles. The minimum atomic E-state index is -0.0952. The van der Waals surface area contributed by atoms with Crippen LogP contribution >= 0.6 is 11.3 Å². The first-order valence-corrected chi connectivity index (χ1v) is 11.5. The second-order valence-electron chi connectivity index (χ2n) is 8.63. The molecular weight excluding hydrogens is 382 g/mol. The maximum absolute atomic E-state index is 12.2. The van der Waals surface area contributed by atoms with Gasteiger partial charge >= 0.3 is 0 Å². The minimum absolute atomic E-state index is 0.00539. The predicted molar refractivity (Wildman–Crippen MR) is 116 cm³/mol. The number of nitrogens with one attached hydrogen (secondary N) is 1. The van der Waals surface area contributed by atoms with Gasteiger partial charge in [0.25, 0.3) is 5.91 Å². The fourth-order valence-electron chi connectivity index (χ4n) is 4.55. The molecule has 3 heterocycles. The average Bonchev–Trinajstić information content (AvgIpc) is 3.31. The van der Waals surface area contributed by atoms with Crippen molar-refractivity contribution in [3.05, 3.63) is 51.0 Å². The first kappa shape index (κ1) is 20.5. The zero-order chi connectivity index (χ0) is 20.4. The van der Waals surface area contributed by atoms with Crippen LogP contribution in [0.15, 0.2) is 23.6 Å². The molecule has 1 amide bonds. The molecule has 2 fully saturated rings. The maximum atomic E-state index is 12.2. The first-order chi connectivity index (χ1) is 13.9. The molecule has 4 rings (SSSR count). The highest BCUT2D eigenvalue weighted by Crippen LogP contribution is 2.39. The standard InChI is InChI=1S/C23H31N3O2S/c1-16-4-5-19(17(2)12-16)14-26-10-8-23(9-11-26)7-6-20(28-23)13-24-22(27)21-15-29-18(3)25-21/h4-5,12,15,20H,6-11,13-14H2,1-3H3,(H,24,27)/t20-/m0/s1. The molecule has 1 atom stereocenters. The number of carbonyl (C=O) groups is 1. The summed E-state index contributed by atoms with van der Waals surface area (Å²) >= 11 is 1.50. The van der Waals surface area contributed by atoms with Crippen LogP contribution in [0.5, 0.6) is 0 Å². The van der Waals surface area contributed by atoms with E-state index in [0.29, 0.717) is 12.2 Å². The Morgan fingerprint density at radius 2 is 2.07 bits per heavy atom. The van der Waals surface area contributed by atoms with Crippen molar-refractivity contribution < 1.29 is 9.53 Å². The summed E-state index contributed by atoms with van der Waals surface area (Å²) in [6, 6.07) is 6.75. The molecular formula is C23H31N3O2S. The fourth-order valence-corrected chi connectivity index (χ4v) is 5.15. The van der Waals surface area contributed by atoms with E-state index in [0.717, 1.165) is 50.3 Å². The molecule has 29 heavy (non-hydrogen) atoms. The molecule has 0 radical (unpaired) electrons. The summed E-state index contributed by atoms with van der Waals surface area (Å²) in [7, 11) is 0. The lowest BCUT2D eigenvalue weighted by molar-refractivity contribution is -0.0764.